The van der Waals surface area contributed by atoms with Gasteiger partial charge in [-0.25, -0.2) is 0 Å². The fourth-order valence-corrected chi connectivity index (χ4v) is 0.236. The van der Waals surface area contributed by atoms with Crippen LogP contribution >= 0.6 is 0 Å². The highest BCUT2D eigenvalue weighted by molar-refractivity contribution is 4.95. The molecule has 0 aliphatic heterocycles. The van der Waals surface area contributed by atoms with Crippen LogP contribution in [0.2, 0.25) is 0 Å². The van der Waals surface area contributed by atoms with E-state index in [1.54, 1.807) is 27.7 Å². The zero-order chi connectivity index (χ0) is 8.41. The molecule has 0 atom stereocenters. The van der Waals surface area contributed by atoms with E-state index in [-0.39, 0.29) is 0 Å². The molecule has 2 nitrogen and oxygen atoms in total. The van der Waals surface area contributed by atoms with Gasteiger partial charge in [-0.05, 0) is 27.7 Å². The monoisotopic (exact) mass is 152 g/mol. The molecule has 0 radical (unpaired) electrons. The molecule has 4 heteroatoms. The summed E-state index contributed by atoms with van der Waals surface area (Å²) in [4.78, 5) is 0. The lowest BCUT2D eigenvalue weighted by Gasteiger charge is -2.36. The summed E-state index contributed by atoms with van der Waals surface area (Å²) < 4.78 is 24.0. The predicted molar refractivity (Wildman–Crippen MR) is 36.6 cm³/mol. The molecule has 0 aliphatic carbocycles. The molecule has 0 heterocycles. The Hall–Kier alpha value is -0.220. The Morgan fingerprint density at radius 1 is 0.800 bits per heavy atom. The molecule has 0 aromatic heterocycles. The number of hydrogen-bond acceptors (Lipinski definition) is 2. The van der Waals surface area contributed by atoms with Gasteiger partial charge >= 0.3 is 0 Å². The van der Waals surface area contributed by atoms with Gasteiger partial charge in [-0.2, -0.15) is 11.1 Å². The van der Waals surface area contributed by atoms with E-state index in [0.29, 0.717) is 0 Å². The van der Waals surface area contributed by atoms with Crippen LogP contribution in [0.25, 0.3) is 0 Å². The summed E-state index contributed by atoms with van der Waals surface area (Å²) >= 11 is 0. The van der Waals surface area contributed by atoms with E-state index in [1.807, 2.05) is 0 Å². The average Bonchev–Trinajstić information content (AvgIpc) is 1.88. The largest absolute Gasteiger partial charge is 0.152 e. The first-order chi connectivity index (χ1) is 4.37. The van der Waals surface area contributed by atoms with Crippen molar-refractivity contribution in [3.05, 3.63) is 0 Å². The van der Waals surface area contributed by atoms with Gasteiger partial charge in [-0.1, -0.05) is 0 Å². The quantitative estimate of drug-likeness (QED) is 0.599. The maximum absolute atomic E-state index is 12.0. The van der Waals surface area contributed by atoms with Crippen molar-refractivity contribution in [2.24, 2.45) is 0 Å². The van der Waals surface area contributed by atoms with Crippen LogP contribution < -0.4 is 11.1 Å². The van der Waals surface area contributed by atoms with Gasteiger partial charge in [0, 0.05) is 0 Å². The Kier molecular flexibility index (Phi) is 2.74. The minimum absolute atomic E-state index is 0.915. The fourth-order valence-electron chi connectivity index (χ4n) is 0.236. The highest BCUT2D eigenvalue weighted by Crippen LogP contribution is 2.20. The molecular formula is C6H14F2N2. The van der Waals surface area contributed by atoms with E-state index >= 15 is 0 Å². The molecule has 0 bridgehead atoms. The van der Waals surface area contributed by atoms with E-state index in [9.17, 15) is 8.96 Å². The van der Waals surface area contributed by atoms with E-state index in [1.165, 1.54) is 11.1 Å². The van der Waals surface area contributed by atoms with Gasteiger partial charge in [-0.15, -0.1) is 8.96 Å². The SMILES string of the molecule is CC(C)(NF)C(C)(C)NF. The normalized spacial score (nSPS) is 13.8. The van der Waals surface area contributed by atoms with Crippen molar-refractivity contribution in [3.8, 4) is 0 Å². The van der Waals surface area contributed by atoms with Crippen molar-refractivity contribution in [1.82, 2.24) is 11.1 Å². The molecule has 0 saturated heterocycles. The van der Waals surface area contributed by atoms with E-state index in [4.69, 9.17) is 0 Å². The minimum Gasteiger partial charge on any atom is -0.152 e. The highest BCUT2D eigenvalue weighted by atomic mass is 19.2. The number of nitrogens with one attached hydrogen (secondary N) is 2. The van der Waals surface area contributed by atoms with Crippen molar-refractivity contribution in [2.75, 3.05) is 0 Å². The summed E-state index contributed by atoms with van der Waals surface area (Å²) in [6.45, 7) is 6.28. The van der Waals surface area contributed by atoms with E-state index in [2.05, 4.69) is 0 Å². The number of rotatable bonds is 3. The summed E-state index contributed by atoms with van der Waals surface area (Å²) in [5.41, 5.74) is 1.23. The van der Waals surface area contributed by atoms with Gasteiger partial charge in [-0.3, -0.25) is 0 Å². The van der Waals surface area contributed by atoms with Crippen LogP contribution in [0, 0.1) is 0 Å². The Balaban J connectivity index is 4.28. The first kappa shape index (κ1) is 9.78. The molecule has 0 aromatic carbocycles. The van der Waals surface area contributed by atoms with Crippen LogP contribution in [0.15, 0.2) is 0 Å². The summed E-state index contributed by atoms with van der Waals surface area (Å²) in [6.07, 6.45) is 0. The lowest BCUT2D eigenvalue weighted by atomic mass is 9.84. The maximum atomic E-state index is 12.0. The Morgan fingerprint density at radius 3 is 1.10 bits per heavy atom. The van der Waals surface area contributed by atoms with Gasteiger partial charge in [0.1, 0.15) is 0 Å². The lowest BCUT2D eigenvalue weighted by molar-refractivity contribution is 0.0572. The van der Waals surface area contributed by atoms with Gasteiger partial charge in [0.05, 0.1) is 11.1 Å². The fraction of sp³-hybridized carbons (Fsp3) is 1.00. The smallest absolute Gasteiger partial charge is 0.0626 e. The summed E-state index contributed by atoms with van der Waals surface area (Å²) in [5, 5.41) is 0. The zero-order valence-electron chi connectivity index (χ0n) is 6.76. The molecule has 0 aromatic rings. The number of halogens is 2. The van der Waals surface area contributed by atoms with E-state index in [0.717, 1.165) is 0 Å². The van der Waals surface area contributed by atoms with Crippen LogP contribution in [0.1, 0.15) is 27.7 Å². The summed E-state index contributed by atoms with van der Waals surface area (Å²) in [7, 11) is 0. The van der Waals surface area contributed by atoms with E-state index < -0.39 is 11.1 Å². The third kappa shape index (κ3) is 1.64. The predicted octanol–water partition coefficient (Wildman–Crippen LogP) is 1.49. The van der Waals surface area contributed by atoms with Gasteiger partial charge in [0.15, 0.2) is 0 Å². The second kappa shape index (κ2) is 2.80. The van der Waals surface area contributed by atoms with Crippen LogP contribution in [0.5, 0.6) is 0 Å². The number of hydrogen-bond donors (Lipinski definition) is 2. The molecule has 2 N–H and O–H groups in total. The second-order valence-electron chi connectivity index (χ2n) is 3.44. The molecule has 0 saturated carbocycles. The molecule has 10 heavy (non-hydrogen) atoms. The van der Waals surface area contributed by atoms with Crippen LogP contribution in [-0.2, 0) is 0 Å². The Labute approximate surface area is 59.9 Å². The van der Waals surface area contributed by atoms with Crippen molar-refractivity contribution >= 4 is 0 Å². The third-order valence-corrected chi connectivity index (χ3v) is 2.03. The van der Waals surface area contributed by atoms with Gasteiger partial charge < -0.3 is 0 Å². The van der Waals surface area contributed by atoms with Crippen LogP contribution in [0.4, 0.5) is 8.96 Å². The molecule has 0 rings (SSSR count). The molecule has 0 spiro atoms. The standard InChI is InChI=1S/C6H14F2N2/c1-5(2,9-7)6(3,4)10-8/h9-10H,1-4H3. The molecule has 62 valence electrons. The topological polar surface area (TPSA) is 24.1 Å². The lowest BCUT2D eigenvalue weighted by Crippen LogP contribution is -2.58. The zero-order valence-corrected chi connectivity index (χ0v) is 6.76. The molecule has 0 amide bonds. The molecule has 0 fully saturated rings. The summed E-state index contributed by atoms with van der Waals surface area (Å²) in [5.74, 6) is 0. The second-order valence-corrected chi connectivity index (χ2v) is 3.44. The van der Waals surface area contributed by atoms with Gasteiger partial charge in [0.2, 0.25) is 0 Å². The first-order valence-corrected chi connectivity index (χ1v) is 3.13. The third-order valence-electron chi connectivity index (χ3n) is 2.03. The van der Waals surface area contributed by atoms with Crippen molar-refractivity contribution in [2.45, 2.75) is 38.8 Å². The highest BCUT2D eigenvalue weighted by Gasteiger charge is 2.37. The first-order valence-electron chi connectivity index (χ1n) is 3.13. The molecule has 0 unspecified atom stereocenters. The van der Waals surface area contributed by atoms with Crippen molar-refractivity contribution in [3.63, 3.8) is 0 Å². The Bertz CT molecular complexity index is 98.3. The molecule has 0 aliphatic rings. The van der Waals surface area contributed by atoms with Crippen molar-refractivity contribution in [1.29, 1.82) is 0 Å². The molecular weight excluding hydrogens is 138 g/mol. The average molecular weight is 152 g/mol. The minimum atomic E-state index is -0.915. The van der Waals surface area contributed by atoms with Crippen LogP contribution in [0.3, 0.4) is 0 Å². The van der Waals surface area contributed by atoms with Crippen LogP contribution in [-0.4, -0.2) is 11.1 Å². The van der Waals surface area contributed by atoms with Crippen molar-refractivity contribution < 1.29 is 8.96 Å². The summed E-state index contributed by atoms with van der Waals surface area (Å²) in [6, 6.07) is 0. The Morgan fingerprint density at radius 2 is 1.00 bits per heavy atom. The van der Waals surface area contributed by atoms with Gasteiger partial charge in [0.25, 0.3) is 0 Å². The maximum Gasteiger partial charge on any atom is 0.0626 e.